The molecule has 0 spiro atoms. The Morgan fingerprint density at radius 1 is 1.50 bits per heavy atom. The van der Waals surface area contributed by atoms with Crippen LogP contribution in [0.2, 0.25) is 0 Å². The molecule has 0 aliphatic heterocycles. The van der Waals surface area contributed by atoms with Crippen LogP contribution in [0.1, 0.15) is 42.8 Å². The molecule has 0 aromatic carbocycles. The number of thioether (sulfide) groups is 1. The van der Waals surface area contributed by atoms with Crippen molar-refractivity contribution in [1.82, 2.24) is 10.3 Å². The molecular formula is C14H22N2O2S2. The Morgan fingerprint density at radius 3 is 2.90 bits per heavy atom. The van der Waals surface area contributed by atoms with Crippen LogP contribution in [-0.2, 0) is 10.5 Å². The molecule has 6 heteroatoms. The number of amides is 1. The first kappa shape index (κ1) is 15.8. The van der Waals surface area contributed by atoms with Crippen molar-refractivity contribution in [3.8, 4) is 0 Å². The van der Waals surface area contributed by atoms with E-state index in [1.54, 1.807) is 23.1 Å². The molecule has 1 aromatic heterocycles. The number of aryl methyl sites for hydroxylation is 1. The minimum Gasteiger partial charge on any atom is -0.393 e. The second kappa shape index (κ2) is 8.00. The summed E-state index contributed by atoms with van der Waals surface area (Å²) in [5.41, 5.74) is 1.11. The highest BCUT2D eigenvalue weighted by molar-refractivity contribution is 7.98. The van der Waals surface area contributed by atoms with Gasteiger partial charge in [-0.25, -0.2) is 4.98 Å². The highest BCUT2D eigenvalue weighted by Gasteiger charge is 2.20. The summed E-state index contributed by atoms with van der Waals surface area (Å²) in [6, 6.07) is 0.261. The van der Waals surface area contributed by atoms with E-state index in [1.165, 1.54) is 0 Å². The molecule has 2 rings (SSSR count). The number of thiazole rings is 1. The van der Waals surface area contributed by atoms with Crippen LogP contribution in [0.3, 0.4) is 0 Å². The summed E-state index contributed by atoms with van der Waals surface area (Å²) in [5.74, 6) is 1.85. The molecule has 20 heavy (non-hydrogen) atoms. The van der Waals surface area contributed by atoms with Gasteiger partial charge in [0.2, 0.25) is 5.91 Å². The fourth-order valence-corrected chi connectivity index (χ4v) is 3.89. The SMILES string of the molecule is Cc1nc(CSCCC(=O)NC2CCC(O)CC2)cs1. The van der Waals surface area contributed by atoms with Gasteiger partial charge in [-0.1, -0.05) is 0 Å². The zero-order chi connectivity index (χ0) is 14.4. The summed E-state index contributed by atoms with van der Waals surface area (Å²) >= 11 is 3.42. The summed E-state index contributed by atoms with van der Waals surface area (Å²) < 4.78 is 0. The third-order valence-corrected chi connectivity index (χ3v) is 5.27. The van der Waals surface area contributed by atoms with E-state index in [4.69, 9.17) is 0 Å². The van der Waals surface area contributed by atoms with Crippen molar-refractivity contribution in [3.63, 3.8) is 0 Å². The van der Waals surface area contributed by atoms with Gasteiger partial charge in [-0.05, 0) is 32.6 Å². The average molecular weight is 314 g/mol. The van der Waals surface area contributed by atoms with E-state index in [9.17, 15) is 9.90 Å². The zero-order valence-electron chi connectivity index (χ0n) is 11.8. The molecule has 1 aromatic rings. The zero-order valence-corrected chi connectivity index (χ0v) is 13.4. The monoisotopic (exact) mass is 314 g/mol. The maximum absolute atomic E-state index is 11.8. The van der Waals surface area contributed by atoms with Crippen LogP contribution in [-0.4, -0.2) is 33.9 Å². The number of aliphatic hydroxyl groups excluding tert-OH is 1. The Balaban J connectivity index is 1.56. The topological polar surface area (TPSA) is 62.2 Å². The van der Waals surface area contributed by atoms with Crippen LogP contribution in [0, 0.1) is 6.92 Å². The number of aliphatic hydroxyl groups is 1. The summed E-state index contributed by atoms with van der Waals surface area (Å²) in [6.45, 7) is 2.01. The van der Waals surface area contributed by atoms with Crippen molar-refractivity contribution in [1.29, 1.82) is 0 Å². The molecule has 2 N–H and O–H groups in total. The van der Waals surface area contributed by atoms with Gasteiger partial charge < -0.3 is 10.4 Å². The first-order chi connectivity index (χ1) is 9.63. The van der Waals surface area contributed by atoms with E-state index in [0.717, 1.165) is 47.9 Å². The van der Waals surface area contributed by atoms with E-state index < -0.39 is 0 Å². The van der Waals surface area contributed by atoms with E-state index in [1.807, 2.05) is 6.92 Å². The smallest absolute Gasteiger partial charge is 0.221 e. The highest BCUT2D eigenvalue weighted by Crippen LogP contribution is 2.19. The predicted molar refractivity (Wildman–Crippen MR) is 84.0 cm³/mol. The number of nitrogens with one attached hydrogen (secondary N) is 1. The second-order valence-corrected chi connectivity index (χ2v) is 7.40. The maximum Gasteiger partial charge on any atom is 0.221 e. The van der Waals surface area contributed by atoms with Crippen molar-refractivity contribution in [2.75, 3.05) is 5.75 Å². The highest BCUT2D eigenvalue weighted by atomic mass is 32.2. The van der Waals surface area contributed by atoms with Crippen LogP contribution >= 0.6 is 23.1 Å². The van der Waals surface area contributed by atoms with Gasteiger partial charge in [-0.15, -0.1) is 11.3 Å². The molecule has 0 bridgehead atoms. The lowest BCUT2D eigenvalue weighted by atomic mass is 9.93. The number of aromatic nitrogens is 1. The first-order valence-electron chi connectivity index (χ1n) is 7.09. The van der Waals surface area contributed by atoms with Gasteiger partial charge >= 0.3 is 0 Å². The minimum atomic E-state index is -0.166. The predicted octanol–water partition coefficient (Wildman–Crippen LogP) is 2.49. The molecule has 0 radical (unpaired) electrons. The molecule has 1 fully saturated rings. The molecule has 112 valence electrons. The fraction of sp³-hybridized carbons (Fsp3) is 0.714. The second-order valence-electron chi connectivity index (χ2n) is 5.23. The van der Waals surface area contributed by atoms with Crippen molar-refractivity contribution >= 4 is 29.0 Å². The third-order valence-electron chi connectivity index (χ3n) is 3.45. The average Bonchev–Trinajstić information content (AvgIpc) is 2.83. The number of carbonyl (C=O) groups is 1. The van der Waals surface area contributed by atoms with Crippen molar-refractivity contribution in [3.05, 3.63) is 16.1 Å². The molecular weight excluding hydrogens is 292 g/mol. The Bertz CT molecular complexity index is 429. The Morgan fingerprint density at radius 2 is 2.25 bits per heavy atom. The van der Waals surface area contributed by atoms with E-state index in [0.29, 0.717) is 6.42 Å². The number of hydrogen-bond acceptors (Lipinski definition) is 5. The molecule has 0 saturated heterocycles. The van der Waals surface area contributed by atoms with Crippen LogP contribution < -0.4 is 5.32 Å². The summed E-state index contributed by atoms with van der Waals surface area (Å²) in [7, 11) is 0. The lowest BCUT2D eigenvalue weighted by Gasteiger charge is -2.26. The lowest BCUT2D eigenvalue weighted by molar-refractivity contribution is -0.121. The first-order valence-corrected chi connectivity index (χ1v) is 9.13. The molecule has 1 amide bonds. The normalized spacial score (nSPS) is 22.7. The number of rotatable bonds is 6. The lowest BCUT2D eigenvalue weighted by Crippen LogP contribution is -2.38. The Hall–Kier alpha value is -0.590. The number of carbonyl (C=O) groups excluding carboxylic acids is 1. The molecule has 1 aliphatic carbocycles. The van der Waals surface area contributed by atoms with Gasteiger partial charge in [-0.3, -0.25) is 4.79 Å². The molecule has 1 heterocycles. The van der Waals surface area contributed by atoms with Crippen molar-refractivity contribution in [2.45, 2.75) is 56.9 Å². The quantitative estimate of drug-likeness (QED) is 0.792. The number of nitrogens with zero attached hydrogens (tertiary/aromatic N) is 1. The van der Waals surface area contributed by atoms with Crippen molar-refractivity contribution < 1.29 is 9.90 Å². The van der Waals surface area contributed by atoms with Gasteiger partial charge in [0.15, 0.2) is 0 Å². The van der Waals surface area contributed by atoms with Crippen LogP contribution in [0.25, 0.3) is 0 Å². The minimum absolute atomic E-state index is 0.133. The molecule has 4 nitrogen and oxygen atoms in total. The Labute approximate surface area is 128 Å². The number of hydrogen-bond donors (Lipinski definition) is 2. The standard InChI is InChI=1S/C14H22N2O2S2/c1-10-15-12(9-20-10)8-19-7-6-14(18)16-11-2-4-13(17)5-3-11/h9,11,13,17H,2-8H2,1H3,(H,16,18). The summed E-state index contributed by atoms with van der Waals surface area (Å²) in [6.07, 6.45) is 3.81. The fourth-order valence-electron chi connectivity index (χ4n) is 2.34. The van der Waals surface area contributed by atoms with Gasteiger partial charge in [0, 0.05) is 29.3 Å². The summed E-state index contributed by atoms with van der Waals surface area (Å²) in [5, 5.41) is 15.7. The largest absolute Gasteiger partial charge is 0.393 e. The van der Waals surface area contributed by atoms with Gasteiger partial charge in [0.1, 0.15) is 0 Å². The van der Waals surface area contributed by atoms with Crippen molar-refractivity contribution in [2.24, 2.45) is 0 Å². The molecule has 1 saturated carbocycles. The Kier molecular flexibility index (Phi) is 6.32. The summed E-state index contributed by atoms with van der Waals surface area (Å²) in [4.78, 5) is 16.2. The van der Waals surface area contributed by atoms with Crippen LogP contribution in [0.15, 0.2) is 5.38 Å². The van der Waals surface area contributed by atoms with Crippen LogP contribution in [0.4, 0.5) is 0 Å². The molecule has 0 atom stereocenters. The van der Waals surface area contributed by atoms with E-state index in [2.05, 4.69) is 15.7 Å². The van der Waals surface area contributed by atoms with Gasteiger partial charge in [-0.2, -0.15) is 11.8 Å². The van der Waals surface area contributed by atoms with Gasteiger partial charge in [0.05, 0.1) is 16.8 Å². The van der Waals surface area contributed by atoms with Crippen LogP contribution in [0.5, 0.6) is 0 Å². The molecule has 1 aliphatic rings. The molecule has 0 unspecified atom stereocenters. The van der Waals surface area contributed by atoms with Gasteiger partial charge in [0.25, 0.3) is 0 Å². The van der Waals surface area contributed by atoms with E-state index in [-0.39, 0.29) is 18.1 Å². The van der Waals surface area contributed by atoms with E-state index >= 15 is 0 Å². The third kappa shape index (κ3) is 5.42. The maximum atomic E-state index is 11.8.